The van der Waals surface area contributed by atoms with Crippen molar-refractivity contribution in [2.75, 3.05) is 33.3 Å². The molecule has 2 amide bonds. The lowest BCUT2D eigenvalue weighted by atomic mass is 9.86. The number of hydrogen-bond donors (Lipinski definition) is 0. The lowest BCUT2D eigenvalue weighted by Gasteiger charge is -2.23. The monoisotopic (exact) mass is 394 g/mol. The number of benzene rings is 2. The molecule has 2 aromatic carbocycles. The van der Waals surface area contributed by atoms with Crippen LogP contribution in [-0.4, -0.2) is 54.9 Å². The summed E-state index contributed by atoms with van der Waals surface area (Å²) in [6.07, 6.45) is 0.765. The quantitative estimate of drug-likeness (QED) is 0.791. The van der Waals surface area contributed by atoms with E-state index >= 15 is 0 Å². The molecular weight excluding hydrogens is 364 g/mol. The Morgan fingerprint density at radius 1 is 0.828 bits per heavy atom. The van der Waals surface area contributed by atoms with E-state index in [9.17, 15) is 9.59 Å². The molecule has 0 N–H and O–H groups in total. The van der Waals surface area contributed by atoms with E-state index in [1.807, 2.05) is 46.2 Å². The Bertz CT molecular complexity index is 868. The van der Waals surface area contributed by atoms with Gasteiger partial charge in [-0.15, -0.1) is 0 Å². The van der Waals surface area contributed by atoms with Crippen molar-refractivity contribution >= 4 is 11.8 Å². The second-order valence-electron chi connectivity index (χ2n) is 8.50. The maximum atomic E-state index is 12.9. The fourth-order valence-corrected chi connectivity index (χ4v) is 3.56. The maximum absolute atomic E-state index is 12.9. The molecule has 29 heavy (non-hydrogen) atoms. The third kappa shape index (κ3) is 4.97. The molecule has 0 saturated carbocycles. The number of hydrogen-bond acceptors (Lipinski definition) is 3. The van der Waals surface area contributed by atoms with E-state index in [4.69, 9.17) is 4.74 Å². The standard InChI is InChI=1S/C24H30N2O3/c1-24(2,3)20-11-9-18(10-12-20)22(27)25-13-6-14-26(16-15-25)23(28)19-7-5-8-21(17-19)29-4/h5,7-12,17H,6,13-16H2,1-4H3. The van der Waals surface area contributed by atoms with Gasteiger partial charge >= 0.3 is 0 Å². The molecule has 0 aromatic heterocycles. The topological polar surface area (TPSA) is 49.9 Å². The van der Waals surface area contributed by atoms with Crippen LogP contribution in [-0.2, 0) is 5.41 Å². The third-order valence-corrected chi connectivity index (χ3v) is 5.38. The van der Waals surface area contributed by atoms with E-state index in [1.54, 1.807) is 19.2 Å². The number of carbonyl (C=O) groups excluding carboxylic acids is 2. The Morgan fingerprint density at radius 2 is 1.41 bits per heavy atom. The van der Waals surface area contributed by atoms with Crippen molar-refractivity contribution in [3.8, 4) is 5.75 Å². The van der Waals surface area contributed by atoms with Gasteiger partial charge in [-0.1, -0.05) is 39.0 Å². The number of amides is 2. The van der Waals surface area contributed by atoms with Gasteiger partial charge < -0.3 is 14.5 Å². The van der Waals surface area contributed by atoms with E-state index in [0.29, 0.717) is 43.1 Å². The van der Waals surface area contributed by atoms with Gasteiger partial charge in [-0.05, 0) is 47.7 Å². The normalized spacial score (nSPS) is 15.0. The molecule has 3 rings (SSSR count). The van der Waals surface area contributed by atoms with Gasteiger partial charge in [-0.2, -0.15) is 0 Å². The Morgan fingerprint density at radius 3 is 1.97 bits per heavy atom. The van der Waals surface area contributed by atoms with Gasteiger partial charge in [0.15, 0.2) is 0 Å². The molecule has 1 saturated heterocycles. The minimum Gasteiger partial charge on any atom is -0.497 e. The Labute approximate surface area is 173 Å². The Hall–Kier alpha value is -2.82. The summed E-state index contributed by atoms with van der Waals surface area (Å²) in [5.41, 5.74) is 2.58. The molecular formula is C24H30N2O3. The highest BCUT2D eigenvalue weighted by Crippen LogP contribution is 2.23. The van der Waals surface area contributed by atoms with Crippen LogP contribution in [0.15, 0.2) is 48.5 Å². The predicted molar refractivity (Wildman–Crippen MR) is 115 cm³/mol. The average molecular weight is 395 g/mol. The van der Waals surface area contributed by atoms with Gasteiger partial charge in [0.25, 0.3) is 11.8 Å². The highest BCUT2D eigenvalue weighted by Gasteiger charge is 2.24. The second kappa shape index (κ2) is 8.68. The van der Waals surface area contributed by atoms with Crippen molar-refractivity contribution in [2.45, 2.75) is 32.6 Å². The highest BCUT2D eigenvalue weighted by atomic mass is 16.5. The van der Waals surface area contributed by atoms with Crippen LogP contribution in [0.25, 0.3) is 0 Å². The lowest BCUT2D eigenvalue weighted by molar-refractivity contribution is 0.0718. The van der Waals surface area contributed by atoms with E-state index in [-0.39, 0.29) is 17.2 Å². The van der Waals surface area contributed by atoms with Gasteiger partial charge in [0.05, 0.1) is 7.11 Å². The molecule has 1 fully saturated rings. The third-order valence-electron chi connectivity index (χ3n) is 5.38. The van der Waals surface area contributed by atoms with Crippen LogP contribution >= 0.6 is 0 Å². The number of nitrogens with zero attached hydrogens (tertiary/aromatic N) is 2. The molecule has 0 spiro atoms. The summed E-state index contributed by atoms with van der Waals surface area (Å²) in [5, 5.41) is 0. The minimum absolute atomic E-state index is 0.0206. The van der Waals surface area contributed by atoms with Crippen molar-refractivity contribution in [3.63, 3.8) is 0 Å². The summed E-state index contributed by atoms with van der Waals surface area (Å²) >= 11 is 0. The number of methoxy groups -OCH3 is 1. The first-order valence-electron chi connectivity index (χ1n) is 10.1. The first kappa shape index (κ1) is 20.9. The SMILES string of the molecule is COc1cccc(C(=O)N2CCCN(C(=O)c3ccc(C(C)(C)C)cc3)CC2)c1. The minimum atomic E-state index is -0.0206. The predicted octanol–water partition coefficient (Wildman–Crippen LogP) is 3.98. The maximum Gasteiger partial charge on any atom is 0.254 e. The number of carbonyl (C=O) groups is 2. The van der Waals surface area contributed by atoms with Crippen LogP contribution in [0.4, 0.5) is 0 Å². The molecule has 0 radical (unpaired) electrons. The van der Waals surface area contributed by atoms with Gasteiger partial charge in [0.1, 0.15) is 5.75 Å². The summed E-state index contributed by atoms with van der Waals surface area (Å²) in [4.78, 5) is 29.5. The first-order chi connectivity index (χ1) is 13.8. The molecule has 2 aromatic rings. The average Bonchev–Trinajstić information content (AvgIpc) is 2.98. The van der Waals surface area contributed by atoms with Gasteiger partial charge in [0, 0.05) is 37.3 Å². The molecule has 1 aliphatic heterocycles. The molecule has 1 aliphatic rings. The lowest BCUT2D eigenvalue weighted by Crippen LogP contribution is -2.37. The fourth-order valence-electron chi connectivity index (χ4n) is 3.56. The van der Waals surface area contributed by atoms with Crippen molar-refractivity contribution < 1.29 is 14.3 Å². The van der Waals surface area contributed by atoms with E-state index in [0.717, 1.165) is 6.42 Å². The largest absolute Gasteiger partial charge is 0.497 e. The number of rotatable bonds is 3. The molecule has 0 atom stereocenters. The summed E-state index contributed by atoms with van der Waals surface area (Å²) in [6, 6.07) is 15.1. The summed E-state index contributed by atoms with van der Waals surface area (Å²) in [6.45, 7) is 8.84. The van der Waals surface area contributed by atoms with E-state index in [2.05, 4.69) is 20.8 Å². The van der Waals surface area contributed by atoms with Crippen LogP contribution < -0.4 is 4.74 Å². The second-order valence-corrected chi connectivity index (χ2v) is 8.50. The van der Waals surface area contributed by atoms with Crippen molar-refractivity contribution in [1.29, 1.82) is 0 Å². The molecule has 154 valence electrons. The first-order valence-corrected chi connectivity index (χ1v) is 10.1. The van der Waals surface area contributed by atoms with Crippen molar-refractivity contribution in [3.05, 3.63) is 65.2 Å². The Balaban J connectivity index is 1.66. The van der Waals surface area contributed by atoms with Crippen LogP contribution in [0.1, 0.15) is 53.5 Å². The zero-order valence-corrected chi connectivity index (χ0v) is 17.8. The van der Waals surface area contributed by atoms with Gasteiger partial charge in [-0.3, -0.25) is 9.59 Å². The van der Waals surface area contributed by atoms with Crippen LogP contribution in [0.3, 0.4) is 0 Å². The molecule has 5 heteroatoms. The van der Waals surface area contributed by atoms with Gasteiger partial charge in [-0.25, -0.2) is 0 Å². The van der Waals surface area contributed by atoms with E-state index < -0.39 is 0 Å². The van der Waals surface area contributed by atoms with Crippen molar-refractivity contribution in [1.82, 2.24) is 9.80 Å². The van der Waals surface area contributed by atoms with Crippen LogP contribution in [0.2, 0.25) is 0 Å². The smallest absolute Gasteiger partial charge is 0.254 e. The molecule has 0 unspecified atom stereocenters. The number of ether oxygens (including phenoxy) is 1. The highest BCUT2D eigenvalue weighted by molar-refractivity contribution is 5.95. The zero-order chi connectivity index (χ0) is 21.0. The molecule has 5 nitrogen and oxygen atoms in total. The fraction of sp³-hybridized carbons (Fsp3) is 0.417. The Kier molecular flexibility index (Phi) is 6.26. The molecule has 1 heterocycles. The zero-order valence-electron chi connectivity index (χ0n) is 17.8. The molecule has 0 aliphatic carbocycles. The van der Waals surface area contributed by atoms with Crippen LogP contribution in [0.5, 0.6) is 5.75 Å². The van der Waals surface area contributed by atoms with Crippen LogP contribution in [0, 0.1) is 0 Å². The van der Waals surface area contributed by atoms with E-state index in [1.165, 1.54) is 5.56 Å². The summed E-state index contributed by atoms with van der Waals surface area (Å²) in [5.74, 6) is 0.676. The van der Waals surface area contributed by atoms with Gasteiger partial charge in [0.2, 0.25) is 0 Å². The van der Waals surface area contributed by atoms with Crippen molar-refractivity contribution in [2.24, 2.45) is 0 Å². The molecule has 0 bridgehead atoms. The summed E-state index contributed by atoms with van der Waals surface area (Å²) < 4.78 is 5.22. The summed E-state index contributed by atoms with van der Waals surface area (Å²) in [7, 11) is 1.59.